The highest BCUT2D eigenvalue weighted by Crippen LogP contribution is 2.20. The van der Waals surface area contributed by atoms with Crippen molar-refractivity contribution in [2.75, 3.05) is 0 Å². The summed E-state index contributed by atoms with van der Waals surface area (Å²) in [4.78, 5) is 0. The fourth-order valence-electron chi connectivity index (χ4n) is 1.11. The lowest BCUT2D eigenvalue weighted by molar-refractivity contribution is 0.513. The lowest BCUT2D eigenvalue weighted by Gasteiger charge is -1.93. The van der Waals surface area contributed by atoms with Gasteiger partial charge in [-0.1, -0.05) is 22.9 Å². The Labute approximate surface area is 90.3 Å². The van der Waals surface area contributed by atoms with Crippen molar-refractivity contribution in [1.82, 2.24) is 10.2 Å². The molecule has 1 aromatic heterocycles. The molecule has 1 heterocycles. The molecule has 0 N–H and O–H groups in total. The minimum atomic E-state index is 0.578. The highest BCUT2D eigenvalue weighted by molar-refractivity contribution is 9.10. The zero-order valence-electron chi connectivity index (χ0n) is 7.70. The summed E-state index contributed by atoms with van der Waals surface area (Å²) in [7, 11) is 0. The summed E-state index contributed by atoms with van der Waals surface area (Å²) in [6, 6.07) is 7.78. The molecule has 0 aliphatic carbocycles. The maximum Gasteiger partial charge on any atom is 0.247 e. The maximum absolute atomic E-state index is 5.42. The molecule has 0 saturated heterocycles. The summed E-state index contributed by atoms with van der Waals surface area (Å²) in [6.45, 7) is 1.98. The van der Waals surface area contributed by atoms with Crippen LogP contribution in [-0.2, 0) is 6.42 Å². The van der Waals surface area contributed by atoms with E-state index in [2.05, 4.69) is 26.1 Å². The lowest BCUT2D eigenvalue weighted by Crippen LogP contribution is -1.77. The molecule has 0 radical (unpaired) electrons. The molecule has 4 heteroatoms. The largest absolute Gasteiger partial charge is 0.421 e. The van der Waals surface area contributed by atoms with Crippen LogP contribution in [0, 0.1) is 0 Å². The van der Waals surface area contributed by atoms with Gasteiger partial charge < -0.3 is 4.42 Å². The number of benzene rings is 1. The normalized spacial score (nSPS) is 10.4. The third kappa shape index (κ3) is 1.85. The summed E-state index contributed by atoms with van der Waals surface area (Å²) in [5.74, 6) is 1.25. The summed E-state index contributed by atoms with van der Waals surface area (Å²) in [6.07, 6.45) is 0.767. The Morgan fingerprint density at radius 3 is 2.50 bits per heavy atom. The third-order valence-electron chi connectivity index (χ3n) is 1.86. The number of halogens is 1. The summed E-state index contributed by atoms with van der Waals surface area (Å²) >= 11 is 3.37. The van der Waals surface area contributed by atoms with Crippen LogP contribution in [0.5, 0.6) is 0 Å². The quantitative estimate of drug-likeness (QED) is 0.825. The highest BCUT2D eigenvalue weighted by Gasteiger charge is 2.05. The van der Waals surface area contributed by atoms with Crippen LogP contribution in [0.25, 0.3) is 11.5 Å². The minimum Gasteiger partial charge on any atom is -0.421 e. The van der Waals surface area contributed by atoms with Gasteiger partial charge in [0, 0.05) is 16.5 Å². The Morgan fingerprint density at radius 1 is 1.21 bits per heavy atom. The Bertz CT molecular complexity index is 422. The van der Waals surface area contributed by atoms with E-state index in [0.29, 0.717) is 11.8 Å². The molecule has 0 fully saturated rings. The SMILES string of the molecule is CCc1nnc(-c2ccc(Br)cc2)o1. The number of aromatic nitrogens is 2. The second kappa shape index (κ2) is 3.92. The number of nitrogens with zero attached hydrogens (tertiary/aromatic N) is 2. The molecule has 0 aliphatic rings. The van der Waals surface area contributed by atoms with Gasteiger partial charge in [-0.05, 0) is 24.3 Å². The number of hydrogen-bond acceptors (Lipinski definition) is 3. The number of rotatable bonds is 2. The molecule has 72 valence electrons. The Kier molecular flexibility index (Phi) is 2.63. The zero-order chi connectivity index (χ0) is 9.97. The molecule has 2 aromatic rings. The molecule has 3 nitrogen and oxygen atoms in total. The van der Waals surface area contributed by atoms with Gasteiger partial charge in [0.25, 0.3) is 0 Å². The molecule has 14 heavy (non-hydrogen) atoms. The first-order chi connectivity index (χ1) is 6.79. The van der Waals surface area contributed by atoms with Crippen molar-refractivity contribution in [2.24, 2.45) is 0 Å². The summed E-state index contributed by atoms with van der Waals surface area (Å²) in [5.41, 5.74) is 0.945. The van der Waals surface area contributed by atoms with Crippen molar-refractivity contribution in [1.29, 1.82) is 0 Å². The van der Waals surface area contributed by atoms with Crippen molar-refractivity contribution < 1.29 is 4.42 Å². The monoisotopic (exact) mass is 252 g/mol. The number of hydrogen-bond donors (Lipinski definition) is 0. The topological polar surface area (TPSA) is 38.9 Å². The first-order valence-electron chi connectivity index (χ1n) is 4.38. The lowest BCUT2D eigenvalue weighted by atomic mass is 10.2. The molecule has 0 amide bonds. The zero-order valence-corrected chi connectivity index (χ0v) is 9.28. The van der Waals surface area contributed by atoms with E-state index in [9.17, 15) is 0 Å². The van der Waals surface area contributed by atoms with Crippen LogP contribution in [0.15, 0.2) is 33.2 Å². The Morgan fingerprint density at radius 2 is 1.93 bits per heavy atom. The van der Waals surface area contributed by atoms with Crippen LogP contribution in [0.1, 0.15) is 12.8 Å². The molecule has 1 aromatic carbocycles. The van der Waals surface area contributed by atoms with Crippen LogP contribution in [0.2, 0.25) is 0 Å². The van der Waals surface area contributed by atoms with Crippen molar-refractivity contribution in [3.05, 3.63) is 34.6 Å². The molecular weight excluding hydrogens is 244 g/mol. The molecule has 0 atom stereocenters. The molecule has 0 spiro atoms. The molecule has 2 rings (SSSR count). The highest BCUT2D eigenvalue weighted by atomic mass is 79.9. The van der Waals surface area contributed by atoms with Gasteiger partial charge in [0.2, 0.25) is 11.8 Å². The van der Waals surface area contributed by atoms with Crippen molar-refractivity contribution >= 4 is 15.9 Å². The summed E-state index contributed by atoms with van der Waals surface area (Å²) < 4.78 is 6.46. The van der Waals surface area contributed by atoms with E-state index in [0.717, 1.165) is 16.5 Å². The predicted molar refractivity (Wildman–Crippen MR) is 56.8 cm³/mol. The van der Waals surface area contributed by atoms with Crippen molar-refractivity contribution in [2.45, 2.75) is 13.3 Å². The van der Waals surface area contributed by atoms with E-state index >= 15 is 0 Å². The van der Waals surface area contributed by atoms with Gasteiger partial charge in [-0.15, -0.1) is 10.2 Å². The molecular formula is C10H9BrN2O. The average Bonchev–Trinajstić information content (AvgIpc) is 2.67. The van der Waals surface area contributed by atoms with Crippen LogP contribution in [0.3, 0.4) is 0 Å². The van der Waals surface area contributed by atoms with E-state index < -0.39 is 0 Å². The average molecular weight is 253 g/mol. The smallest absolute Gasteiger partial charge is 0.247 e. The van der Waals surface area contributed by atoms with Gasteiger partial charge in [-0.2, -0.15) is 0 Å². The van der Waals surface area contributed by atoms with E-state index in [1.807, 2.05) is 31.2 Å². The second-order valence-electron chi connectivity index (χ2n) is 2.86. The molecule has 0 saturated carbocycles. The van der Waals surface area contributed by atoms with Gasteiger partial charge in [0.15, 0.2) is 0 Å². The van der Waals surface area contributed by atoms with E-state index in [4.69, 9.17) is 4.42 Å². The van der Waals surface area contributed by atoms with Gasteiger partial charge in [-0.3, -0.25) is 0 Å². The van der Waals surface area contributed by atoms with Crippen LogP contribution in [-0.4, -0.2) is 10.2 Å². The second-order valence-corrected chi connectivity index (χ2v) is 3.78. The van der Waals surface area contributed by atoms with Gasteiger partial charge in [-0.25, -0.2) is 0 Å². The Balaban J connectivity index is 2.34. The van der Waals surface area contributed by atoms with Crippen molar-refractivity contribution in [3.63, 3.8) is 0 Å². The fraction of sp³-hybridized carbons (Fsp3) is 0.200. The van der Waals surface area contributed by atoms with Gasteiger partial charge in [0.1, 0.15) is 0 Å². The molecule has 0 unspecified atom stereocenters. The molecule has 0 bridgehead atoms. The van der Waals surface area contributed by atoms with Crippen LogP contribution >= 0.6 is 15.9 Å². The standard InChI is InChI=1S/C10H9BrN2O/c1-2-9-12-13-10(14-9)7-3-5-8(11)6-4-7/h3-6H,2H2,1H3. The minimum absolute atomic E-state index is 0.578. The van der Waals surface area contributed by atoms with Crippen LogP contribution < -0.4 is 0 Å². The van der Waals surface area contributed by atoms with E-state index in [1.165, 1.54) is 0 Å². The van der Waals surface area contributed by atoms with Gasteiger partial charge in [0.05, 0.1) is 0 Å². The summed E-state index contributed by atoms with van der Waals surface area (Å²) in [5, 5.41) is 7.86. The third-order valence-corrected chi connectivity index (χ3v) is 2.39. The first kappa shape index (κ1) is 9.40. The molecule has 0 aliphatic heterocycles. The number of aryl methyl sites for hydroxylation is 1. The van der Waals surface area contributed by atoms with E-state index in [-0.39, 0.29) is 0 Å². The first-order valence-corrected chi connectivity index (χ1v) is 5.17. The Hall–Kier alpha value is -1.16. The maximum atomic E-state index is 5.42. The van der Waals surface area contributed by atoms with Crippen LogP contribution in [0.4, 0.5) is 0 Å². The fourth-order valence-corrected chi connectivity index (χ4v) is 1.37. The van der Waals surface area contributed by atoms with E-state index in [1.54, 1.807) is 0 Å². The van der Waals surface area contributed by atoms with Gasteiger partial charge >= 0.3 is 0 Å². The predicted octanol–water partition coefficient (Wildman–Crippen LogP) is 3.06. The van der Waals surface area contributed by atoms with Crippen molar-refractivity contribution in [3.8, 4) is 11.5 Å².